The highest BCUT2D eigenvalue weighted by molar-refractivity contribution is 6.31. The first-order chi connectivity index (χ1) is 16.4. The molecule has 8 heteroatoms. The van der Waals surface area contributed by atoms with E-state index in [-0.39, 0.29) is 23.9 Å². The number of hydrogen-bond acceptors (Lipinski definition) is 5. The predicted molar refractivity (Wildman–Crippen MR) is 134 cm³/mol. The van der Waals surface area contributed by atoms with Crippen molar-refractivity contribution >= 4 is 17.5 Å². The summed E-state index contributed by atoms with van der Waals surface area (Å²) < 4.78 is 13.4. The number of phenols is 2. The molecule has 6 N–H and O–H groups in total. The van der Waals surface area contributed by atoms with Gasteiger partial charge in [-0.3, -0.25) is 4.79 Å². The minimum absolute atomic E-state index is 0.132. The van der Waals surface area contributed by atoms with Crippen LogP contribution in [0.1, 0.15) is 52.6 Å². The summed E-state index contributed by atoms with van der Waals surface area (Å²) in [5.74, 6) is -1.18. The first-order valence-corrected chi connectivity index (χ1v) is 11.6. The second kappa shape index (κ2) is 11.1. The third kappa shape index (κ3) is 7.42. The minimum atomic E-state index is -0.954. The molecule has 3 aromatic carbocycles. The maximum atomic E-state index is 13.4. The highest BCUT2D eigenvalue weighted by atomic mass is 35.5. The van der Waals surface area contributed by atoms with Crippen LogP contribution < -0.4 is 11.1 Å². The van der Waals surface area contributed by atoms with Crippen LogP contribution in [0.4, 0.5) is 4.39 Å². The maximum absolute atomic E-state index is 13.4. The summed E-state index contributed by atoms with van der Waals surface area (Å²) >= 11 is 6.18. The molecule has 6 nitrogen and oxygen atoms in total. The fraction of sp³-hybridized carbons (Fsp3) is 0.296. The molecule has 0 bridgehead atoms. The third-order valence-electron chi connectivity index (χ3n) is 5.89. The Morgan fingerprint density at radius 1 is 1.00 bits per heavy atom. The lowest BCUT2D eigenvalue weighted by Crippen LogP contribution is -2.43. The van der Waals surface area contributed by atoms with E-state index in [2.05, 4.69) is 5.32 Å². The molecule has 0 aromatic heterocycles. The maximum Gasteiger partial charge on any atom is 0.248 e. The summed E-state index contributed by atoms with van der Waals surface area (Å²) in [6.45, 7) is 4.11. The Bertz CT molecular complexity index is 1200. The molecular formula is C27H30ClFN2O4. The van der Waals surface area contributed by atoms with Gasteiger partial charge in [0, 0.05) is 28.7 Å². The van der Waals surface area contributed by atoms with Gasteiger partial charge in [-0.2, -0.15) is 0 Å². The van der Waals surface area contributed by atoms with E-state index >= 15 is 0 Å². The van der Waals surface area contributed by atoms with Crippen LogP contribution in [0.15, 0.2) is 54.6 Å². The van der Waals surface area contributed by atoms with Crippen molar-refractivity contribution in [1.82, 2.24) is 5.32 Å². The average molecular weight is 501 g/mol. The number of hydrogen-bond donors (Lipinski definition) is 5. The second-order valence-corrected chi connectivity index (χ2v) is 9.73. The van der Waals surface area contributed by atoms with E-state index in [1.807, 2.05) is 19.9 Å². The number of aryl methyl sites for hydroxylation is 2. The normalized spacial score (nSPS) is 12.5. The Kier molecular flexibility index (Phi) is 8.38. The van der Waals surface area contributed by atoms with Gasteiger partial charge in [0.25, 0.3) is 0 Å². The predicted octanol–water partition coefficient (Wildman–Crippen LogP) is 4.42. The molecule has 0 aliphatic rings. The van der Waals surface area contributed by atoms with Gasteiger partial charge in [-0.25, -0.2) is 4.39 Å². The number of carbonyl (C=O) groups excluding carboxylic acids is 1. The fourth-order valence-corrected chi connectivity index (χ4v) is 4.28. The topological polar surface area (TPSA) is 116 Å². The van der Waals surface area contributed by atoms with Crippen LogP contribution >= 0.6 is 11.6 Å². The van der Waals surface area contributed by atoms with Crippen LogP contribution in [0.25, 0.3) is 0 Å². The molecule has 35 heavy (non-hydrogen) atoms. The number of carbonyl (C=O) groups is 1. The van der Waals surface area contributed by atoms with Crippen molar-refractivity contribution in [2.45, 2.75) is 44.8 Å². The Labute approximate surface area is 209 Å². The number of nitrogens with one attached hydrogen (secondary N) is 1. The molecular weight excluding hydrogens is 471 g/mol. The van der Waals surface area contributed by atoms with Crippen molar-refractivity contribution < 1.29 is 24.5 Å². The molecule has 0 radical (unpaired) electrons. The van der Waals surface area contributed by atoms with Crippen molar-refractivity contribution in [3.05, 3.63) is 93.3 Å². The van der Waals surface area contributed by atoms with Gasteiger partial charge in [0.15, 0.2) is 0 Å². The lowest BCUT2D eigenvalue weighted by atomic mass is 9.88. The highest BCUT2D eigenvalue weighted by Gasteiger charge is 2.22. The van der Waals surface area contributed by atoms with Crippen LogP contribution in [0.5, 0.6) is 11.5 Å². The van der Waals surface area contributed by atoms with Gasteiger partial charge in [-0.1, -0.05) is 23.7 Å². The molecule has 1 atom stereocenters. The van der Waals surface area contributed by atoms with Crippen LogP contribution in [-0.4, -0.2) is 33.3 Å². The third-order valence-corrected chi connectivity index (χ3v) is 6.24. The Morgan fingerprint density at radius 2 is 1.63 bits per heavy atom. The van der Waals surface area contributed by atoms with E-state index in [0.29, 0.717) is 35.4 Å². The summed E-state index contributed by atoms with van der Waals surface area (Å²) in [6, 6.07) is 13.7. The lowest BCUT2D eigenvalue weighted by molar-refractivity contribution is 0.1000. The average Bonchev–Trinajstić information content (AvgIpc) is 2.76. The first-order valence-electron chi connectivity index (χ1n) is 11.2. The fourth-order valence-electron chi connectivity index (χ4n) is 4.02. The number of phenolic OH excluding ortho intramolecular Hbond substituents is 2. The van der Waals surface area contributed by atoms with E-state index in [9.17, 15) is 24.5 Å². The SMILES string of the molecule is CC(C)(Cc1cc(C(N)=O)ccc1CCc1ccc(F)cc1Cl)NCC(O)c1cc(O)cc(O)c1. The molecule has 0 saturated heterocycles. The van der Waals surface area contributed by atoms with Crippen molar-refractivity contribution in [3.63, 3.8) is 0 Å². The molecule has 1 amide bonds. The molecule has 0 aliphatic heterocycles. The summed E-state index contributed by atoms with van der Waals surface area (Å²) in [5, 5.41) is 33.6. The molecule has 1 unspecified atom stereocenters. The zero-order valence-corrected chi connectivity index (χ0v) is 20.4. The molecule has 3 aromatic rings. The molecule has 3 rings (SSSR count). The van der Waals surface area contributed by atoms with Crippen LogP contribution in [0.3, 0.4) is 0 Å². The molecule has 0 heterocycles. The van der Waals surface area contributed by atoms with E-state index in [0.717, 1.165) is 16.7 Å². The van der Waals surface area contributed by atoms with Gasteiger partial charge in [-0.15, -0.1) is 0 Å². The largest absolute Gasteiger partial charge is 0.508 e. The van der Waals surface area contributed by atoms with Gasteiger partial charge in [-0.05, 0) is 91.8 Å². The Hall–Kier alpha value is -3.13. The minimum Gasteiger partial charge on any atom is -0.508 e. The van der Waals surface area contributed by atoms with E-state index < -0.39 is 17.6 Å². The number of halogens is 2. The van der Waals surface area contributed by atoms with Crippen molar-refractivity contribution in [1.29, 1.82) is 0 Å². The van der Waals surface area contributed by atoms with E-state index in [1.165, 1.54) is 30.3 Å². The van der Waals surface area contributed by atoms with Gasteiger partial charge >= 0.3 is 0 Å². The van der Waals surface area contributed by atoms with Gasteiger partial charge in [0.2, 0.25) is 5.91 Å². The number of primary amides is 1. The smallest absolute Gasteiger partial charge is 0.248 e. The number of aliphatic hydroxyl groups is 1. The molecule has 0 fully saturated rings. The molecule has 0 spiro atoms. The second-order valence-electron chi connectivity index (χ2n) is 9.32. The van der Waals surface area contributed by atoms with Crippen molar-refractivity contribution in [2.24, 2.45) is 5.73 Å². The van der Waals surface area contributed by atoms with E-state index in [4.69, 9.17) is 17.3 Å². The number of aromatic hydroxyl groups is 2. The standard InChI is InChI=1S/C27H30ClFN2O4/c1-27(2,31-15-25(34)19-10-22(32)13-23(33)11-19)14-20-9-18(26(30)35)6-4-16(20)3-5-17-7-8-21(29)12-24(17)28/h4,6-13,25,31-34H,3,5,14-15H2,1-2H3,(H2,30,35). The number of nitrogens with two attached hydrogens (primary N) is 1. The van der Waals surface area contributed by atoms with Gasteiger partial charge < -0.3 is 26.4 Å². The zero-order valence-electron chi connectivity index (χ0n) is 19.7. The summed E-state index contributed by atoms with van der Waals surface area (Å²) in [4.78, 5) is 11.8. The van der Waals surface area contributed by atoms with Crippen LogP contribution in [0, 0.1) is 5.82 Å². The monoisotopic (exact) mass is 500 g/mol. The van der Waals surface area contributed by atoms with E-state index in [1.54, 1.807) is 18.2 Å². The summed E-state index contributed by atoms with van der Waals surface area (Å²) in [7, 11) is 0. The number of rotatable bonds is 10. The molecule has 0 saturated carbocycles. The molecule has 0 aliphatic carbocycles. The first kappa shape index (κ1) is 26.5. The Balaban J connectivity index is 1.75. The molecule has 186 valence electrons. The van der Waals surface area contributed by atoms with Gasteiger partial charge in [0.1, 0.15) is 17.3 Å². The number of benzene rings is 3. The zero-order chi connectivity index (χ0) is 25.8. The van der Waals surface area contributed by atoms with Crippen LogP contribution in [-0.2, 0) is 19.3 Å². The Morgan fingerprint density at radius 3 is 2.26 bits per heavy atom. The quantitative estimate of drug-likeness (QED) is 0.282. The number of amides is 1. The summed E-state index contributed by atoms with van der Waals surface area (Å²) in [6.07, 6.45) is 0.791. The van der Waals surface area contributed by atoms with Gasteiger partial charge in [0.05, 0.1) is 6.10 Å². The van der Waals surface area contributed by atoms with Crippen molar-refractivity contribution in [2.75, 3.05) is 6.54 Å². The van der Waals surface area contributed by atoms with Crippen LogP contribution in [0.2, 0.25) is 5.02 Å². The number of β-amino-alcohol motifs (C(OH)–C–C–N with tert-alkyl or cyclic N) is 1. The number of aliphatic hydroxyl groups excluding tert-OH is 1. The highest BCUT2D eigenvalue weighted by Crippen LogP contribution is 2.26. The van der Waals surface area contributed by atoms with Crippen molar-refractivity contribution in [3.8, 4) is 11.5 Å². The summed E-state index contributed by atoms with van der Waals surface area (Å²) in [5.41, 5.74) is 8.55. The lowest BCUT2D eigenvalue weighted by Gasteiger charge is -2.29.